The highest BCUT2D eigenvalue weighted by molar-refractivity contribution is 6.19. The highest BCUT2D eigenvalue weighted by Crippen LogP contribution is 2.20. The lowest BCUT2D eigenvalue weighted by atomic mass is 10.1. The van der Waals surface area contributed by atoms with Crippen molar-refractivity contribution in [2.45, 2.75) is 24.9 Å². The summed E-state index contributed by atoms with van der Waals surface area (Å²) in [6.45, 7) is 0. The van der Waals surface area contributed by atoms with Gasteiger partial charge in [0.25, 0.3) is 0 Å². The quantitative estimate of drug-likeness (QED) is 0.663. The van der Waals surface area contributed by atoms with E-state index >= 15 is 0 Å². The Morgan fingerprint density at radius 2 is 1.84 bits per heavy atom. The fourth-order valence-corrected chi connectivity index (χ4v) is 3.59. The number of aliphatic imine (C=N–C) groups is 2. The number of allylic oxidation sites excluding steroid dienone is 2. The second-order valence-electron chi connectivity index (χ2n) is 6.79. The average Bonchev–Trinajstić information content (AvgIpc) is 3.33. The molecule has 2 aromatic rings. The van der Waals surface area contributed by atoms with Gasteiger partial charge in [-0.1, -0.05) is 0 Å². The van der Waals surface area contributed by atoms with E-state index in [4.69, 9.17) is 10.7 Å². The molecule has 0 fully saturated rings. The van der Waals surface area contributed by atoms with E-state index in [9.17, 15) is 0 Å². The number of hydrogen-bond acceptors (Lipinski definition) is 3. The minimum Gasteiger partial charge on any atom is -0.359 e. The molecule has 2 atom stereocenters. The zero-order valence-corrected chi connectivity index (χ0v) is 13.7. The van der Waals surface area contributed by atoms with E-state index < -0.39 is 0 Å². The minimum atomic E-state index is -0.00344. The molecule has 0 saturated heterocycles. The Bertz CT molecular complexity index is 1070. The molecule has 4 N–H and O–H groups in total. The highest BCUT2D eigenvalue weighted by Gasteiger charge is 2.24. The van der Waals surface area contributed by atoms with Crippen molar-refractivity contribution in [2.75, 3.05) is 0 Å². The number of nitrogens with one attached hydrogen (secondary N) is 2. The van der Waals surface area contributed by atoms with Crippen LogP contribution in [-0.4, -0.2) is 33.5 Å². The maximum Gasteiger partial charge on any atom is 0.0658 e. The number of nitrogens with zero attached hydrogens (tertiary/aromatic N) is 2. The van der Waals surface area contributed by atoms with Crippen molar-refractivity contribution < 1.29 is 0 Å². The van der Waals surface area contributed by atoms with Crippen LogP contribution in [0.15, 0.2) is 52.1 Å². The van der Waals surface area contributed by atoms with Crippen molar-refractivity contribution >= 4 is 29.7 Å². The van der Waals surface area contributed by atoms with Crippen LogP contribution in [0.3, 0.4) is 0 Å². The maximum absolute atomic E-state index is 6.30. The summed E-state index contributed by atoms with van der Waals surface area (Å²) in [7, 11) is 0. The van der Waals surface area contributed by atoms with Gasteiger partial charge in [0.05, 0.1) is 23.2 Å². The van der Waals surface area contributed by atoms with Crippen LogP contribution in [0.5, 0.6) is 0 Å². The third-order valence-electron chi connectivity index (χ3n) is 4.79. The predicted molar refractivity (Wildman–Crippen MR) is 102 cm³/mol. The summed E-state index contributed by atoms with van der Waals surface area (Å²) in [5.74, 6) is 0. The number of aromatic nitrogens is 2. The van der Waals surface area contributed by atoms with Gasteiger partial charge in [0, 0.05) is 34.5 Å². The summed E-state index contributed by atoms with van der Waals surface area (Å²) in [5, 5.41) is 2.04. The van der Waals surface area contributed by atoms with E-state index in [0.717, 1.165) is 46.4 Å². The van der Waals surface area contributed by atoms with E-state index in [1.165, 1.54) is 5.69 Å². The molecule has 0 amide bonds. The normalized spacial score (nSPS) is 24.3. The summed E-state index contributed by atoms with van der Waals surface area (Å²) in [6.07, 6.45) is 12.0. The Balaban J connectivity index is 1.65. The fraction of sp³-hybridized carbons (Fsp3) is 0.200. The van der Waals surface area contributed by atoms with Gasteiger partial charge in [-0.3, -0.25) is 4.99 Å². The van der Waals surface area contributed by atoms with Crippen molar-refractivity contribution in [3.8, 4) is 0 Å². The van der Waals surface area contributed by atoms with Crippen LogP contribution < -0.4 is 16.4 Å². The lowest BCUT2D eigenvalue weighted by Gasteiger charge is -2.05. The number of hydrogen-bond donors (Lipinski definition) is 3. The maximum atomic E-state index is 6.30. The van der Waals surface area contributed by atoms with Gasteiger partial charge in [-0.05, 0) is 61.1 Å². The van der Waals surface area contributed by atoms with Crippen LogP contribution in [0, 0.1) is 0 Å². The van der Waals surface area contributed by atoms with Crippen molar-refractivity contribution in [2.24, 2.45) is 15.7 Å². The molecule has 3 aliphatic heterocycles. The Labute approximate surface area is 145 Å². The molecule has 0 saturated carbocycles. The number of fused-ring (bicyclic) bond motifs is 6. The molecule has 0 spiro atoms. The van der Waals surface area contributed by atoms with Crippen LogP contribution in [0.2, 0.25) is 0 Å². The molecule has 0 radical (unpaired) electrons. The number of H-pyrrole nitrogens is 2. The van der Waals surface area contributed by atoms with Crippen LogP contribution in [-0.2, 0) is 6.42 Å². The smallest absolute Gasteiger partial charge is 0.0658 e. The summed E-state index contributed by atoms with van der Waals surface area (Å²) in [4.78, 5) is 16.3. The number of rotatable bonds is 0. The van der Waals surface area contributed by atoms with Gasteiger partial charge >= 0.3 is 0 Å². The van der Waals surface area contributed by atoms with E-state index in [1.807, 2.05) is 18.2 Å². The summed E-state index contributed by atoms with van der Waals surface area (Å²) >= 11 is 0. The monoisotopic (exact) mass is 329 g/mol. The standard InChI is InChI=1S/C20H19N5/c21-19-10-18-9-16-4-3-14(23-16)7-12-1-2-13(22-12)8-15-5-6-17(24-15)11-20(19)25-18/h1-8,11,18-19,23-24H,9-10,21H2. The Kier molecular flexibility index (Phi) is 3.21. The first-order chi connectivity index (χ1) is 12.2. The Hall–Kier alpha value is -2.92. The second kappa shape index (κ2) is 5.57. The molecule has 5 heterocycles. The zero-order valence-electron chi connectivity index (χ0n) is 13.7. The first kappa shape index (κ1) is 14.4. The van der Waals surface area contributed by atoms with Gasteiger partial charge in [0.2, 0.25) is 0 Å². The van der Waals surface area contributed by atoms with Crippen LogP contribution in [0.25, 0.3) is 18.2 Å². The summed E-state index contributed by atoms with van der Waals surface area (Å²) in [6, 6.07) is 8.55. The lowest BCUT2D eigenvalue weighted by molar-refractivity contribution is 0.625. The van der Waals surface area contributed by atoms with Gasteiger partial charge in [-0.2, -0.15) is 0 Å². The van der Waals surface area contributed by atoms with Gasteiger partial charge in [-0.25, -0.2) is 4.99 Å². The highest BCUT2D eigenvalue weighted by atomic mass is 14.9. The van der Waals surface area contributed by atoms with E-state index in [1.54, 1.807) is 0 Å². The molecule has 25 heavy (non-hydrogen) atoms. The molecular weight excluding hydrogens is 310 g/mol. The van der Waals surface area contributed by atoms with Crippen molar-refractivity contribution in [3.05, 3.63) is 64.2 Å². The molecule has 3 aliphatic rings. The predicted octanol–water partition coefficient (Wildman–Crippen LogP) is 1.05. The molecule has 124 valence electrons. The third-order valence-corrected chi connectivity index (χ3v) is 4.79. The Morgan fingerprint density at radius 1 is 0.960 bits per heavy atom. The minimum absolute atomic E-state index is 0.00344. The van der Waals surface area contributed by atoms with Crippen LogP contribution in [0.4, 0.5) is 0 Å². The van der Waals surface area contributed by atoms with Gasteiger partial charge in [0.1, 0.15) is 0 Å². The Morgan fingerprint density at radius 3 is 2.76 bits per heavy atom. The molecule has 8 bridgehead atoms. The number of aromatic amines is 2. The van der Waals surface area contributed by atoms with Crippen molar-refractivity contribution in [3.63, 3.8) is 0 Å². The molecule has 0 aliphatic carbocycles. The van der Waals surface area contributed by atoms with Gasteiger partial charge in [-0.15, -0.1) is 0 Å². The van der Waals surface area contributed by atoms with Crippen molar-refractivity contribution in [1.82, 2.24) is 9.97 Å². The molecule has 5 heteroatoms. The molecule has 2 unspecified atom stereocenters. The zero-order chi connectivity index (χ0) is 16.8. The SMILES string of the molecule is NC1CC2Cc3ccc([nH]3)C=C3C=CC(=N3)C=c3ccc([nH]3)=CC1=N2. The van der Waals surface area contributed by atoms with Crippen molar-refractivity contribution in [1.29, 1.82) is 0 Å². The molecular formula is C20H19N5. The van der Waals surface area contributed by atoms with E-state index in [-0.39, 0.29) is 12.1 Å². The molecule has 2 aromatic heterocycles. The second-order valence-corrected chi connectivity index (χ2v) is 6.79. The first-order valence-corrected chi connectivity index (χ1v) is 8.59. The largest absolute Gasteiger partial charge is 0.359 e. The lowest BCUT2D eigenvalue weighted by Crippen LogP contribution is -2.27. The molecule has 5 rings (SSSR count). The molecule has 5 nitrogen and oxygen atoms in total. The van der Waals surface area contributed by atoms with Gasteiger partial charge < -0.3 is 15.7 Å². The van der Waals surface area contributed by atoms with E-state index in [0.29, 0.717) is 0 Å². The number of nitrogens with two attached hydrogens (primary N) is 1. The average molecular weight is 329 g/mol. The topological polar surface area (TPSA) is 82.3 Å². The van der Waals surface area contributed by atoms with Gasteiger partial charge in [0.15, 0.2) is 0 Å². The van der Waals surface area contributed by atoms with E-state index in [2.05, 4.69) is 51.4 Å². The summed E-state index contributed by atoms with van der Waals surface area (Å²) < 4.78 is 0. The third kappa shape index (κ3) is 2.83. The molecule has 0 aromatic carbocycles. The van der Waals surface area contributed by atoms with Crippen LogP contribution in [0.1, 0.15) is 17.8 Å². The summed E-state index contributed by atoms with van der Waals surface area (Å²) in [5.41, 5.74) is 11.4. The fourth-order valence-electron chi connectivity index (χ4n) is 3.59. The first-order valence-electron chi connectivity index (χ1n) is 8.59. The van der Waals surface area contributed by atoms with Crippen LogP contribution >= 0.6 is 0 Å².